The molecule has 0 aromatic carbocycles. The Morgan fingerprint density at radius 3 is 2.52 bits per heavy atom. The minimum Gasteiger partial charge on any atom is -0.498 e. The average molecular weight is 317 g/mol. The predicted octanol–water partition coefficient (Wildman–Crippen LogP) is 2.85. The molecule has 3 rings (SSSR count). The van der Waals surface area contributed by atoms with Gasteiger partial charge in [0, 0.05) is 25.1 Å². The van der Waals surface area contributed by atoms with Crippen LogP contribution in [0.25, 0.3) is 0 Å². The molecule has 1 aliphatic carbocycles. The zero-order valence-corrected chi connectivity index (χ0v) is 14.3. The van der Waals surface area contributed by atoms with Crippen molar-refractivity contribution < 1.29 is 18.9 Å². The topological polar surface area (TPSA) is 40.2 Å². The maximum absolute atomic E-state index is 6.12. The van der Waals surface area contributed by atoms with Crippen LogP contribution in [-0.4, -0.2) is 45.4 Å². The number of nitrogens with zero attached hydrogens (tertiary/aromatic N) is 1. The molecule has 0 aromatic rings. The van der Waals surface area contributed by atoms with Crippen LogP contribution >= 0.6 is 0 Å². The SMILES string of the molecule is C=C(C)C1CC2=C(O1)N(C)C1C(OC)=CC(OC)=CC1=C2OC. The Hall–Kier alpha value is -2.30. The summed E-state index contributed by atoms with van der Waals surface area (Å²) < 4.78 is 22.9. The third kappa shape index (κ3) is 2.31. The Labute approximate surface area is 137 Å². The standard InChI is InChI=1S/C18H23NO4/c1-10(2)14-9-13-17(22-6)12-7-11(20-4)8-15(21-5)16(12)19(3)18(13)23-14/h7-8,14,16H,1,9H2,2-6H3. The molecule has 0 amide bonds. The number of ether oxygens (including phenoxy) is 4. The van der Waals surface area contributed by atoms with Crippen LogP contribution < -0.4 is 0 Å². The largest absolute Gasteiger partial charge is 0.498 e. The molecule has 0 spiro atoms. The number of methoxy groups -OCH3 is 3. The van der Waals surface area contributed by atoms with Crippen molar-refractivity contribution in [2.45, 2.75) is 25.5 Å². The highest BCUT2D eigenvalue weighted by Crippen LogP contribution is 2.45. The Kier molecular flexibility index (Phi) is 3.88. The number of hydrogen-bond acceptors (Lipinski definition) is 5. The molecule has 0 aromatic heterocycles. The molecular formula is C18H23NO4. The van der Waals surface area contributed by atoms with Gasteiger partial charge in [0.25, 0.3) is 0 Å². The third-order valence-corrected chi connectivity index (χ3v) is 4.52. The Balaban J connectivity index is 2.11. The number of hydrogen-bond donors (Lipinski definition) is 0. The van der Waals surface area contributed by atoms with Crippen LogP contribution in [0.2, 0.25) is 0 Å². The first-order valence-electron chi connectivity index (χ1n) is 7.59. The molecule has 0 saturated heterocycles. The van der Waals surface area contributed by atoms with E-state index in [9.17, 15) is 0 Å². The first-order valence-corrected chi connectivity index (χ1v) is 7.59. The molecule has 0 radical (unpaired) electrons. The van der Waals surface area contributed by atoms with Crippen molar-refractivity contribution in [2.75, 3.05) is 28.4 Å². The molecular weight excluding hydrogens is 294 g/mol. The van der Waals surface area contributed by atoms with Crippen LogP contribution in [0.3, 0.4) is 0 Å². The molecule has 0 saturated carbocycles. The predicted molar refractivity (Wildman–Crippen MR) is 87.1 cm³/mol. The summed E-state index contributed by atoms with van der Waals surface area (Å²) in [5, 5.41) is 0. The summed E-state index contributed by atoms with van der Waals surface area (Å²) in [6.07, 6.45) is 4.64. The molecule has 0 fully saturated rings. The normalized spacial score (nSPS) is 26.0. The smallest absolute Gasteiger partial charge is 0.197 e. The third-order valence-electron chi connectivity index (χ3n) is 4.52. The average Bonchev–Trinajstić information content (AvgIpc) is 2.99. The second-order valence-corrected chi connectivity index (χ2v) is 5.94. The molecule has 5 heteroatoms. The molecule has 5 nitrogen and oxygen atoms in total. The molecule has 3 aliphatic rings. The highest BCUT2D eigenvalue weighted by molar-refractivity contribution is 5.53. The summed E-state index contributed by atoms with van der Waals surface area (Å²) in [5.41, 5.74) is 3.10. The van der Waals surface area contributed by atoms with Crippen molar-refractivity contribution in [3.63, 3.8) is 0 Å². The lowest BCUT2D eigenvalue weighted by atomic mass is 9.90. The Bertz CT molecular complexity index is 669. The van der Waals surface area contributed by atoms with Crippen LogP contribution in [-0.2, 0) is 18.9 Å². The quantitative estimate of drug-likeness (QED) is 0.746. The van der Waals surface area contributed by atoms with E-state index in [1.165, 1.54) is 0 Å². The lowest BCUT2D eigenvalue weighted by Gasteiger charge is -2.38. The molecule has 2 aliphatic heterocycles. The lowest BCUT2D eigenvalue weighted by Crippen LogP contribution is -2.40. The molecule has 2 unspecified atom stereocenters. The van der Waals surface area contributed by atoms with E-state index in [1.54, 1.807) is 21.3 Å². The number of rotatable bonds is 4. The summed E-state index contributed by atoms with van der Waals surface area (Å²) in [7, 11) is 7.01. The highest BCUT2D eigenvalue weighted by atomic mass is 16.5. The van der Waals surface area contributed by atoms with Gasteiger partial charge in [-0.25, -0.2) is 0 Å². The van der Waals surface area contributed by atoms with Crippen LogP contribution in [0.1, 0.15) is 13.3 Å². The van der Waals surface area contributed by atoms with Crippen LogP contribution in [0.5, 0.6) is 0 Å². The van der Waals surface area contributed by atoms with Gasteiger partial charge in [0.05, 0.1) is 26.9 Å². The van der Waals surface area contributed by atoms with Gasteiger partial charge in [0.2, 0.25) is 0 Å². The molecule has 124 valence electrons. The minimum atomic E-state index is -0.0866. The number of likely N-dealkylation sites (N-methyl/N-ethyl adjacent to an activating group) is 1. The van der Waals surface area contributed by atoms with Gasteiger partial charge in [-0.2, -0.15) is 0 Å². The Morgan fingerprint density at radius 2 is 1.96 bits per heavy atom. The summed E-state index contributed by atoms with van der Waals surface area (Å²) >= 11 is 0. The summed E-state index contributed by atoms with van der Waals surface area (Å²) in [5.74, 6) is 3.21. The second-order valence-electron chi connectivity index (χ2n) is 5.94. The van der Waals surface area contributed by atoms with E-state index in [2.05, 4.69) is 11.5 Å². The van der Waals surface area contributed by atoms with Gasteiger partial charge in [0.1, 0.15) is 29.4 Å². The van der Waals surface area contributed by atoms with E-state index < -0.39 is 0 Å². The maximum Gasteiger partial charge on any atom is 0.197 e. The van der Waals surface area contributed by atoms with E-state index in [-0.39, 0.29) is 12.1 Å². The minimum absolute atomic E-state index is 0.0193. The fourth-order valence-electron chi connectivity index (χ4n) is 3.34. The first kappa shape index (κ1) is 15.6. The lowest BCUT2D eigenvalue weighted by molar-refractivity contribution is 0.0824. The van der Waals surface area contributed by atoms with Crippen LogP contribution in [0.4, 0.5) is 0 Å². The fourth-order valence-corrected chi connectivity index (χ4v) is 3.34. The van der Waals surface area contributed by atoms with Crippen molar-refractivity contribution in [3.8, 4) is 0 Å². The summed E-state index contributed by atoms with van der Waals surface area (Å²) in [6, 6.07) is -0.0866. The number of allylic oxidation sites excluding steroid dienone is 2. The monoisotopic (exact) mass is 317 g/mol. The van der Waals surface area contributed by atoms with Gasteiger partial charge in [-0.3, -0.25) is 0 Å². The molecule has 2 heterocycles. The van der Waals surface area contributed by atoms with Crippen molar-refractivity contribution in [3.05, 3.63) is 58.6 Å². The summed E-state index contributed by atoms with van der Waals surface area (Å²) in [6.45, 7) is 6.01. The number of fused-ring (bicyclic) bond motifs is 1. The molecule has 23 heavy (non-hydrogen) atoms. The van der Waals surface area contributed by atoms with Crippen molar-refractivity contribution in [2.24, 2.45) is 0 Å². The first-order chi connectivity index (χ1) is 11.0. The van der Waals surface area contributed by atoms with Crippen molar-refractivity contribution in [1.29, 1.82) is 0 Å². The van der Waals surface area contributed by atoms with Crippen LogP contribution in [0.15, 0.2) is 58.6 Å². The van der Waals surface area contributed by atoms with Gasteiger partial charge in [-0.1, -0.05) is 6.58 Å². The van der Waals surface area contributed by atoms with E-state index in [1.807, 2.05) is 26.1 Å². The van der Waals surface area contributed by atoms with Gasteiger partial charge < -0.3 is 23.8 Å². The second kappa shape index (κ2) is 5.72. The van der Waals surface area contributed by atoms with E-state index in [4.69, 9.17) is 18.9 Å². The van der Waals surface area contributed by atoms with E-state index in [0.29, 0.717) is 0 Å². The van der Waals surface area contributed by atoms with Gasteiger partial charge in [-0.15, -0.1) is 0 Å². The van der Waals surface area contributed by atoms with Crippen molar-refractivity contribution >= 4 is 0 Å². The maximum atomic E-state index is 6.12. The van der Waals surface area contributed by atoms with Gasteiger partial charge >= 0.3 is 0 Å². The van der Waals surface area contributed by atoms with E-state index >= 15 is 0 Å². The zero-order chi connectivity index (χ0) is 16.7. The van der Waals surface area contributed by atoms with Crippen molar-refractivity contribution in [1.82, 2.24) is 4.90 Å². The summed E-state index contributed by atoms with van der Waals surface area (Å²) in [4.78, 5) is 2.09. The Morgan fingerprint density at radius 1 is 1.22 bits per heavy atom. The fraction of sp³-hybridized carbons (Fsp3) is 0.444. The molecule has 2 atom stereocenters. The van der Waals surface area contributed by atoms with Gasteiger partial charge in [0.15, 0.2) is 5.88 Å². The highest BCUT2D eigenvalue weighted by Gasteiger charge is 2.43. The zero-order valence-electron chi connectivity index (χ0n) is 14.3. The van der Waals surface area contributed by atoms with E-state index in [0.717, 1.165) is 46.3 Å². The van der Waals surface area contributed by atoms with Crippen LogP contribution in [0, 0.1) is 0 Å². The molecule has 0 bridgehead atoms. The van der Waals surface area contributed by atoms with Gasteiger partial charge in [-0.05, 0) is 18.6 Å². The molecule has 0 N–H and O–H groups in total.